The fraction of sp³-hybridized carbons (Fsp3) is 0.455. The predicted octanol–water partition coefficient (Wildman–Crippen LogP) is 0.486. The maximum absolute atomic E-state index is 11.9. The summed E-state index contributed by atoms with van der Waals surface area (Å²) >= 11 is 0.803. The predicted molar refractivity (Wildman–Crippen MR) is 76.1 cm³/mol. The summed E-state index contributed by atoms with van der Waals surface area (Å²) in [6.45, 7) is 0.290. The maximum Gasteiger partial charge on any atom is 0.272 e. The molecule has 0 atom stereocenters. The van der Waals surface area contributed by atoms with Gasteiger partial charge in [0.15, 0.2) is 15.6 Å². The van der Waals surface area contributed by atoms with E-state index in [1.54, 1.807) is 0 Å². The molecule has 0 aliphatic carbocycles. The number of thiazole rings is 1. The van der Waals surface area contributed by atoms with E-state index in [1.807, 2.05) is 0 Å². The van der Waals surface area contributed by atoms with Gasteiger partial charge in [0.25, 0.3) is 5.91 Å². The van der Waals surface area contributed by atoms with Crippen molar-refractivity contribution in [2.45, 2.75) is 29.1 Å². The molecule has 10 heteroatoms. The van der Waals surface area contributed by atoms with Crippen LogP contribution < -0.4 is 10.5 Å². The van der Waals surface area contributed by atoms with Crippen molar-refractivity contribution in [2.24, 2.45) is 15.4 Å². The van der Waals surface area contributed by atoms with E-state index >= 15 is 0 Å². The third-order valence-electron chi connectivity index (χ3n) is 2.87. The minimum atomic E-state index is -3.95. The highest BCUT2D eigenvalue weighted by atomic mass is 32.2. The van der Waals surface area contributed by atoms with E-state index in [1.165, 1.54) is 5.51 Å². The molecule has 1 aliphatic rings. The number of hydrogen-bond donors (Lipinski definition) is 2. The molecular formula is C11H13N5O3S2. The van der Waals surface area contributed by atoms with Gasteiger partial charge in [0.2, 0.25) is 10.0 Å². The van der Waals surface area contributed by atoms with Crippen LogP contribution in [0.5, 0.6) is 0 Å². The number of nitrogens with two attached hydrogens (primary N) is 1. The van der Waals surface area contributed by atoms with Gasteiger partial charge in [-0.25, -0.2) is 18.5 Å². The van der Waals surface area contributed by atoms with E-state index in [0.29, 0.717) is 19.3 Å². The van der Waals surface area contributed by atoms with Crippen molar-refractivity contribution in [3.05, 3.63) is 11.2 Å². The number of primary sulfonamides is 1. The van der Waals surface area contributed by atoms with E-state index < -0.39 is 21.6 Å². The first-order valence-electron chi connectivity index (χ1n) is 6.00. The van der Waals surface area contributed by atoms with Gasteiger partial charge in [-0.1, -0.05) is 0 Å². The van der Waals surface area contributed by atoms with E-state index in [0.717, 1.165) is 11.3 Å². The van der Waals surface area contributed by atoms with E-state index in [9.17, 15) is 13.2 Å². The summed E-state index contributed by atoms with van der Waals surface area (Å²) in [5.74, 6) is 1.92. The largest absolute Gasteiger partial charge is 0.350 e. The molecule has 0 spiro atoms. The van der Waals surface area contributed by atoms with Crippen molar-refractivity contribution in [3.63, 3.8) is 0 Å². The average molecular weight is 327 g/mol. The maximum atomic E-state index is 11.9. The van der Waals surface area contributed by atoms with Crippen LogP contribution in [0.3, 0.4) is 0 Å². The first kappa shape index (κ1) is 15.6. The summed E-state index contributed by atoms with van der Waals surface area (Å²) in [6, 6.07) is 0. The van der Waals surface area contributed by atoms with Gasteiger partial charge < -0.3 is 5.32 Å². The lowest BCUT2D eigenvalue weighted by Crippen LogP contribution is -2.30. The smallest absolute Gasteiger partial charge is 0.272 e. The van der Waals surface area contributed by atoms with Gasteiger partial charge in [-0.05, 0) is 0 Å². The van der Waals surface area contributed by atoms with Crippen LogP contribution in [-0.4, -0.2) is 31.5 Å². The Labute approximate surface area is 125 Å². The first-order valence-corrected chi connectivity index (χ1v) is 8.42. The zero-order valence-electron chi connectivity index (χ0n) is 10.9. The SMILES string of the molecule is C#CCCC1(CCNC(=O)c2ncsc2S(N)(=O)=O)N=N1. The first-order chi connectivity index (χ1) is 9.88. The third-order valence-corrected chi connectivity index (χ3v) is 5.19. The van der Waals surface area contributed by atoms with Crippen molar-refractivity contribution in [1.29, 1.82) is 0 Å². The Balaban J connectivity index is 1.89. The summed E-state index contributed by atoms with van der Waals surface area (Å²) in [5, 5.41) is 15.5. The van der Waals surface area contributed by atoms with Gasteiger partial charge >= 0.3 is 0 Å². The van der Waals surface area contributed by atoms with E-state index in [2.05, 4.69) is 26.4 Å². The highest BCUT2D eigenvalue weighted by Crippen LogP contribution is 2.36. The molecule has 0 fully saturated rings. The quantitative estimate of drug-likeness (QED) is 0.706. The highest BCUT2D eigenvalue weighted by molar-refractivity contribution is 7.91. The van der Waals surface area contributed by atoms with Crippen molar-refractivity contribution in [1.82, 2.24) is 10.3 Å². The van der Waals surface area contributed by atoms with Crippen LogP contribution in [-0.2, 0) is 10.0 Å². The van der Waals surface area contributed by atoms with Crippen LogP contribution in [0.25, 0.3) is 0 Å². The van der Waals surface area contributed by atoms with Gasteiger partial charge in [0, 0.05) is 25.8 Å². The number of amides is 1. The molecule has 0 unspecified atom stereocenters. The molecule has 1 amide bonds. The summed E-state index contributed by atoms with van der Waals surface area (Å²) in [6.07, 6.45) is 6.89. The van der Waals surface area contributed by atoms with Crippen molar-refractivity contribution >= 4 is 27.3 Å². The Morgan fingerprint density at radius 2 is 2.19 bits per heavy atom. The van der Waals surface area contributed by atoms with E-state index in [4.69, 9.17) is 11.6 Å². The molecule has 2 rings (SSSR count). The van der Waals surface area contributed by atoms with Crippen LogP contribution in [0.15, 0.2) is 19.9 Å². The van der Waals surface area contributed by atoms with Crippen molar-refractivity contribution in [3.8, 4) is 12.3 Å². The van der Waals surface area contributed by atoms with Crippen LogP contribution >= 0.6 is 11.3 Å². The normalized spacial score (nSPS) is 15.4. The molecule has 0 bridgehead atoms. The third kappa shape index (κ3) is 3.84. The molecule has 0 saturated heterocycles. The zero-order valence-corrected chi connectivity index (χ0v) is 12.6. The summed E-state index contributed by atoms with van der Waals surface area (Å²) < 4.78 is 22.4. The zero-order chi connectivity index (χ0) is 15.5. The fourth-order valence-corrected chi connectivity index (χ4v) is 3.31. The molecule has 112 valence electrons. The lowest BCUT2D eigenvalue weighted by molar-refractivity contribution is 0.0944. The standard InChI is InChI=1S/C11H13N5O3S2/c1-2-3-4-11(15-16-11)5-6-13-9(17)8-10(20-7-14-8)21(12,18)19/h1,7H,3-6H2,(H,13,17)(H2,12,18,19). The second kappa shape index (κ2) is 5.88. The second-order valence-corrected chi connectivity index (χ2v) is 7.04. The monoisotopic (exact) mass is 327 g/mol. The highest BCUT2D eigenvalue weighted by Gasteiger charge is 2.38. The topological polar surface area (TPSA) is 127 Å². The molecule has 21 heavy (non-hydrogen) atoms. The Hall–Kier alpha value is -1.83. The molecule has 0 saturated carbocycles. The number of hydrogen-bond acceptors (Lipinski definition) is 7. The van der Waals surface area contributed by atoms with Gasteiger partial charge in [0.1, 0.15) is 0 Å². The van der Waals surface area contributed by atoms with Gasteiger partial charge in [0.05, 0.1) is 5.51 Å². The number of carbonyl (C=O) groups excluding carboxylic acids is 1. The van der Waals surface area contributed by atoms with Crippen LogP contribution in [0.1, 0.15) is 29.8 Å². The van der Waals surface area contributed by atoms with Crippen LogP contribution in [0, 0.1) is 12.3 Å². The Morgan fingerprint density at radius 3 is 2.76 bits per heavy atom. The molecule has 2 heterocycles. The number of nitrogens with zero attached hydrogens (tertiary/aromatic N) is 3. The minimum Gasteiger partial charge on any atom is -0.350 e. The molecule has 1 aliphatic heterocycles. The summed E-state index contributed by atoms with van der Waals surface area (Å²) in [4.78, 5) is 15.6. The van der Waals surface area contributed by atoms with Gasteiger partial charge in [-0.15, -0.1) is 23.7 Å². The lowest BCUT2D eigenvalue weighted by Gasteiger charge is -2.09. The Morgan fingerprint density at radius 1 is 1.48 bits per heavy atom. The number of nitrogens with one attached hydrogen (secondary N) is 1. The molecule has 8 nitrogen and oxygen atoms in total. The van der Waals surface area contributed by atoms with Crippen LogP contribution in [0.4, 0.5) is 0 Å². The Bertz CT molecular complexity index is 710. The Kier molecular flexibility index (Phi) is 4.36. The molecule has 1 aromatic heterocycles. The molecule has 3 N–H and O–H groups in total. The number of carbonyl (C=O) groups is 1. The van der Waals surface area contributed by atoms with Gasteiger partial charge in [-0.3, -0.25) is 4.79 Å². The average Bonchev–Trinajstić information content (AvgIpc) is 2.99. The molecule has 0 radical (unpaired) electrons. The van der Waals surface area contributed by atoms with Gasteiger partial charge in [-0.2, -0.15) is 10.2 Å². The van der Waals surface area contributed by atoms with Crippen LogP contribution in [0.2, 0.25) is 0 Å². The second-order valence-electron chi connectivity index (χ2n) is 4.43. The molecule has 1 aromatic rings. The number of aromatic nitrogens is 1. The molecular weight excluding hydrogens is 314 g/mol. The van der Waals surface area contributed by atoms with Crippen molar-refractivity contribution < 1.29 is 13.2 Å². The summed E-state index contributed by atoms with van der Waals surface area (Å²) in [7, 11) is -3.95. The molecule has 0 aromatic carbocycles. The lowest BCUT2D eigenvalue weighted by atomic mass is 10.0. The van der Waals surface area contributed by atoms with E-state index in [-0.39, 0.29) is 16.4 Å². The number of terminal acetylenes is 1. The number of rotatable bonds is 7. The van der Waals surface area contributed by atoms with Crippen molar-refractivity contribution in [2.75, 3.05) is 6.54 Å². The number of sulfonamides is 1. The summed E-state index contributed by atoms with van der Waals surface area (Å²) in [5.41, 5.74) is 0.573. The fourth-order valence-electron chi connectivity index (χ4n) is 1.72. The minimum absolute atomic E-state index is 0.190.